The number of rotatable bonds is 5. The zero-order valence-corrected chi connectivity index (χ0v) is 14.1. The van der Waals surface area contributed by atoms with Crippen LogP contribution in [0.4, 0.5) is 0 Å². The van der Waals surface area contributed by atoms with Gasteiger partial charge in [-0.2, -0.15) is 0 Å². The number of Topliss-reactive ketones (excluding diaryl/α,β-unsaturated/α-hetero) is 1. The summed E-state index contributed by atoms with van der Waals surface area (Å²) in [6.07, 6.45) is 0. The van der Waals surface area contributed by atoms with Gasteiger partial charge in [-0.05, 0) is 23.3 Å². The maximum atomic E-state index is 13.1. The van der Waals surface area contributed by atoms with Gasteiger partial charge in [-0.15, -0.1) is 0 Å². The third-order valence-corrected chi connectivity index (χ3v) is 5.11. The highest BCUT2D eigenvalue weighted by Crippen LogP contribution is 2.61. The van der Waals surface area contributed by atoms with E-state index in [1.54, 1.807) is 12.1 Å². The molecule has 0 aromatic heterocycles. The molecule has 1 saturated carbocycles. The Morgan fingerprint density at radius 2 is 1.04 bits per heavy atom. The highest BCUT2D eigenvalue weighted by atomic mass is 16.4. The summed E-state index contributed by atoms with van der Waals surface area (Å²) in [5.74, 6) is -0.713. The topological polar surface area (TPSA) is 54.4 Å². The summed E-state index contributed by atoms with van der Waals surface area (Å²) in [6.45, 7) is 0. The monoisotopic (exact) mass is 342 g/mol. The van der Waals surface area contributed by atoms with Gasteiger partial charge in [-0.3, -0.25) is 4.79 Å². The molecular weight excluding hydrogens is 324 g/mol. The van der Waals surface area contributed by atoms with Gasteiger partial charge in [0.2, 0.25) is 0 Å². The molecule has 0 amide bonds. The van der Waals surface area contributed by atoms with Crippen molar-refractivity contribution in [2.24, 2.45) is 5.92 Å². The molecule has 128 valence electrons. The first-order valence-electron chi connectivity index (χ1n) is 8.64. The van der Waals surface area contributed by atoms with Gasteiger partial charge in [0.15, 0.2) is 5.78 Å². The molecule has 1 unspecified atom stereocenters. The van der Waals surface area contributed by atoms with E-state index in [0.29, 0.717) is 5.56 Å². The van der Waals surface area contributed by atoms with Gasteiger partial charge in [0.25, 0.3) is 0 Å². The number of carboxylic acid groups (broad SMARTS) is 1. The van der Waals surface area contributed by atoms with Crippen LogP contribution in [-0.2, 0) is 0 Å². The van der Waals surface area contributed by atoms with Crippen LogP contribution in [0.2, 0.25) is 0 Å². The largest absolute Gasteiger partial charge is 0.478 e. The second-order valence-electron chi connectivity index (χ2n) is 6.65. The number of hydrogen-bond donors (Lipinski definition) is 1. The fourth-order valence-corrected chi connectivity index (χ4v) is 3.79. The van der Waals surface area contributed by atoms with Crippen molar-refractivity contribution in [3.05, 3.63) is 107 Å². The Bertz CT molecular complexity index is 885. The smallest absolute Gasteiger partial charge is 0.335 e. The van der Waals surface area contributed by atoms with Gasteiger partial charge < -0.3 is 5.11 Å². The summed E-state index contributed by atoms with van der Waals surface area (Å²) in [4.78, 5) is 24.1. The average Bonchev–Trinajstić information content (AvgIpc) is 3.44. The predicted molar refractivity (Wildman–Crippen MR) is 99.6 cm³/mol. The Morgan fingerprint density at radius 1 is 0.615 bits per heavy atom. The minimum absolute atomic E-state index is 0.0737. The van der Waals surface area contributed by atoms with Crippen LogP contribution in [0.5, 0.6) is 0 Å². The molecule has 1 aliphatic rings. The molecule has 0 radical (unpaired) electrons. The zero-order chi connectivity index (χ0) is 18.1. The van der Waals surface area contributed by atoms with Crippen LogP contribution in [0.3, 0.4) is 0 Å². The maximum absolute atomic E-state index is 13.1. The van der Waals surface area contributed by atoms with E-state index in [4.69, 9.17) is 5.11 Å². The average molecular weight is 342 g/mol. The summed E-state index contributed by atoms with van der Waals surface area (Å²) in [7, 11) is 0. The van der Waals surface area contributed by atoms with Crippen molar-refractivity contribution in [1.29, 1.82) is 0 Å². The molecule has 0 bridgehead atoms. The standard InChI is InChI=1S/C23H18O3/c24-22(17-11-13-18(14-12-17)23(25)26)21-19(15-7-3-1-4-8-15)20(21)16-9-5-2-6-10-16/h1-14,19-21H,(H,25,26)/t19-,20+,21?. The number of carboxylic acids is 1. The van der Waals surface area contributed by atoms with Crippen molar-refractivity contribution in [2.45, 2.75) is 11.8 Å². The second-order valence-corrected chi connectivity index (χ2v) is 6.65. The normalized spacial score (nSPS) is 21.2. The Labute approximate surface area is 151 Å². The van der Waals surface area contributed by atoms with E-state index >= 15 is 0 Å². The van der Waals surface area contributed by atoms with Crippen molar-refractivity contribution in [3.63, 3.8) is 0 Å². The molecule has 0 heterocycles. The van der Waals surface area contributed by atoms with Crippen LogP contribution in [0.15, 0.2) is 84.9 Å². The second kappa shape index (κ2) is 6.60. The van der Waals surface area contributed by atoms with Crippen LogP contribution in [-0.4, -0.2) is 16.9 Å². The number of aromatic carboxylic acids is 1. The Hall–Kier alpha value is -3.20. The van der Waals surface area contributed by atoms with Gasteiger partial charge in [-0.25, -0.2) is 4.79 Å². The van der Waals surface area contributed by atoms with Crippen LogP contribution in [0.1, 0.15) is 43.7 Å². The summed E-state index contributed by atoms with van der Waals surface area (Å²) in [6, 6.07) is 26.5. The molecule has 26 heavy (non-hydrogen) atoms. The van der Waals surface area contributed by atoms with E-state index in [0.717, 1.165) is 0 Å². The van der Waals surface area contributed by atoms with Gasteiger partial charge in [0.1, 0.15) is 0 Å². The van der Waals surface area contributed by atoms with Crippen molar-refractivity contribution in [1.82, 2.24) is 0 Å². The number of carbonyl (C=O) groups excluding carboxylic acids is 1. The third-order valence-electron chi connectivity index (χ3n) is 5.11. The van der Waals surface area contributed by atoms with Crippen LogP contribution in [0.25, 0.3) is 0 Å². The number of carbonyl (C=O) groups is 2. The lowest BCUT2D eigenvalue weighted by molar-refractivity contribution is 0.0696. The molecule has 3 nitrogen and oxygen atoms in total. The molecule has 3 heteroatoms. The minimum atomic E-state index is -0.986. The van der Waals surface area contributed by atoms with Gasteiger partial charge in [-0.1, -0.05) is 72.8 Å². The molecule has 3 aromatic carbocycles. The van der Waals surface area contributed by atoms with Gasteiger partial charge in [0.05, 0.1) is 5.56 Å². The van der Waals surface area contributed by atoms with E-state index in [1.807, 2.05) is 36.4 Å². The third kappa shape index (κ3) is 2.92. The Morgan fingerprint density at radius 3 is 1.46 bits per heavy atom. The maximum Gasteiger partial charge on any atom is 0.335 e. The first-order chi connectivity index (χ1) is 12.7. The predicted octanol–water partition coefficient (Wildman–Crippen LogP) is 4.76. The van der Waals surface area contributed by atoms with E-state index in [9.17, 15) is 9.59 Å². The molecule has 0 spiro atoms. The minimum Gasteiger partial charge on any atom is -0.478 e. The summed E-state index contributed by atoms with van der Waals surface area (Å²) < 4.78 is 0. The molecule has 1 N–H and O–H groups in total. The number of ketones is 1. The van der Waals surface area contributed by atoms with Crippen molar-refractivity contribution >= 4 is 11.8 Å². The van der Waals surface area contributed by atoms with Gasteiger partial charge in [0, 0.05) is 23.3 Å². The van der Waals surface area contributed by atoms with E-state index in [2.05, 4.69) is 24.3 Å². The Kier molecular flexibility index (Phi) is 4.13. The molecule has 0 aliphatic heterocycles. The van der Waals surface area contributed by atoms with E-state index in [-0.39, 0.29) is 29.1 Å². The highest BCUT2D eigenvalue weighted by Gasteiger charge is 2.55. The SMILES string of the molecule is O=C(O)c1ccc(C(=O)C2[C@@H](c3ccccc3)[C@H]2c2ccccc2)cc1. The molecule has 3 atom stereocenters. The first-order valence-corrected chi connectivity index (χ1v) is 8.64. The lowest BCUT2D eigenvalue weighted by Gasteiger charge is -2.02. The fraction of sp³-hybridized carbons (Fsp3) is 0.130. The quantitative estimate of drug-likeness (QED) is 0.680. The molecule has 4 rings (SSSR count). The van der Waals surface area contributed by atoms with Crippen LogP contribution >= 0.6 is 0 Å². The van der Waals surface area contributed by atoms with Crippen molar-refractivity contribution < 1.29 is 14.7 Å². The number of benzene rings is 3. The van der Waals surface area contributed by atoms with Crippen molar-refractivity contribution in [3.8, 4) is 0 Å². The lowest BCUT2D eigenvalue weighted by Crippen LogP contribution is -2.05. The molecule has 1 aliphatic carbocycles. The molecule has 0 saturated heterocycles. The Balaban J connectivity index is 1.66. The molecular formula is C23H18O3. The van der Waals surface area contributed by atoms with Crippen molar-refractivity contribution in [2.75, 3.05) is 0 Å². The first kappa shape index (κ1) is 16.3. The van der Waals surface area contributed by atoms with E-state index < -0.39 is 5.97 Å². The number of hydrogen-bond acceptors (Lipinski definition) is 2. The summed E-state index contributed by atoms with van der Waals surface area (Å²) in [5.41, 5.74) is 3.10. The molecule has 3 aromatic rings. The van der Waals surface area contributed by atoms with E-state index in [1.165, 1.54) is 23.3 Å². The highest BCUT2D eigenvalue weighted by molar-refractivity contribution is 6.02. The fourth-order valence-electron chi connectivity index (χ4n) is 3.79. The summed E-state index contributed by atoms with van der Waals surface area (Å²) >= 11 is 0. The van der Waals surface area contributed by atoms with Crippen LogP contribution < -0.4 is 0 Å². The lowest BCUT2D eigenvalue weighted by atomic mass is 10.0. The summed E-state index contributed by atoms with van der Waals surface area (Å²) in [5, 5.41) is 9.03. The molecule has 1 fully saturated rings. The van der Waals surface area contributed by atoms with Crippen LogP contribution in [0, 0.1) is 5.92 Å². The zero-order valence-electron chi connectivity index (χ0n) is 14.1. The van der Waals surface area contributed by atoms with Gasteiger partial charge >= 0.3 is 5.97 Å².